The Hall–Kier alpha value is -1.81. The summed E-state index contributed by atoms with van der Waals surface area (Å²) >= 11 is 5.94. The maximum atomic E-state index is 12.2. The monoisotopic (exact) mass is 277 g/mol. The van der Waals surface area contributed by atoms with Crippen molar-refractivity contribution in [2.24, 2.45) is 0 Å². The number of nitrogens with one attached hydrogen (secondary N) is 1. The van der Waals surface area contributed by atoms with Crippen LogP contribution in [0.1, 0.15) is 28.5 Å². The van der Waals surface area contributed by atoms with E-state index < -0.39 is 0 Å². The smallest absolute Gasteiger partial charge is 0.259 e. The second-order valence-electron chi connectivity index (χ2n) is 4.37. The van der Waals surface area contributed by atoms with Gasteiger partial charge in [0, 0.05) is 22.9 Å². The van der Waals surface area contributed by atoms with E-state index in [0.29, 0.717) is 10.6 Å². The molecule has 0 aliphatic carbocycles. The SMILES string of the molecule is CCn1ncc(C(=O)Nc2cc(Cl)ccc2C)c1C. The zero-order valence-electron chi connectivity index (χ0n) is 11.2. The Labute approximate surface area is 117 Å². The third-order valence-corrected chi connectivity index (χ3v) is 3.33. The normalized spacial score (nSPS) is 10.5. The first kappa shape index (κ1) is 13.6. The van der Waals surface area contributed by atoms with E-state index in [1.54, 1.807) is 23.0 Å². The van der Waals surface area contributed by atoms with Crippen molar-refractivity contribution < 1.29 is 4.79 Å². The highest BCUT2D eigenvalue weighted by molar-refractivity contribution is 6.31. The number of benzene rings is 1. The summed E-state index contributed by atoms with van der Waals surface area (Å²) in [5.74, 6) is -0.164. The van der Waals surface area contributed by atoms with E-state index in [0.717, 1.165) is 23.5 Å². The topological polar surface area (TPSA) is 46.9 Å². The van der Waals surface area contributed by atoms with Gasteiger partial charge < -0.3 is 5.32 Å². The lowest BCUT2D eigenvalue weighted by molar-refractivity contribution is 0.102. The molecular weight excluding hydrogens is 262 g/mol. The number of aromatic nitrogens is 2. The molecule has 5 heteroatoms. The van der Waals surface area contributed by atoms with E-state index in [2.05, 4.69) is 10.4 Å². The summed E-state index contributed by atoms with van der Waals surface area (Å²) < 4.78 is 1.79. The number of hydrogen-bond acceptors (Lipinski definition) is 2. The van der Waals surface area contributed by atoms with Crippen molar-refractivity contribution in [3.8, 4) is 0 Å². The van der Waals surface area contributed by atoms with Crippen LogP contribution in [0.4, 0.5) is 5.69 Å². The van der Waals surface area contributed by atoms with Crippen molar-refractivity contribution in [2.75, 3.05) is 5.32 Å². The van der Waals surface area contributed by atoms with Gasteiger partial charge in [0.05, 0.1) is 11.8 Å². The van der Waals surface area contributed by atoms with Gasteiger partial charge in [-0.05, 0) is 38.5 Å². The molecule has 0 atom stereocenters. The maximum absolute atomic E-state index is 12.2. The highest BCUT2D eigenvalue weighted by Gasteiger charge is 2.14. The second-order valence-corrected chi connectivity index (χ2v) is 4.81. The molecule has 0 spiro atoms. The molecule has 0 saturated heterocycles. The van der Waals surface area contributed by atoms with Crippen LogP contribution in [0, 0.1) is 13.8 Å². The number of carbonyl (C=O) groups is 1. The van der Waals surface area contributed by atoms with Crippen molar-refractivity contribution in [3.63, 3.8) is 0 Å². The van der Waals surface area contributed by atoms with Crippen molar-refractivity contribution in [3.05, 3.63) is 46.2 Å². The predicted octanol–water partition coefficient (Wildman–Crippen LogP) is 3.43. The summed E-state index contributed by atoms with van der Waals surface area (Å²) in [6.07, 6.45) is 1.59. The Balaban J connectivity index is 2.25. The molecule has 19 heavy (non-hydrogen) atoms. The average molecular weight is 278 g/mol. The lowest BCUT2D eigenvalue weighted by Gasteiger charge is -2.08. The number of aryl methyl sites for hydroxylation is 2. The van der Waals surface area contributed by atoms with E-state index in [4.69, 9.17) is 11.6 Å². The first-order valence-corrected chi connectivity index (χ1v) is 6.50. The standard InChI is InChI=1S/C14H16ClN3O/c1-4-18-10(3)12(8-16-18)14(19)17-13-7-11(15)6-5-9(13)2/h5-8H,4H2,1-3H3,(H,17,19). The second kappa shape index (κ2) is 5.45. The summed E-state index contributed by atoms with van der Waals surface area (Å²) in [6.45, 7) is 6.54. The number of anilines is 1. The predicted molar refractivity (Wildman–Crippen MR) is 76.8 cm³/mol. The summed E-state index contributed by atoms with van der Waals surface area (Å²) in [7, 11) is 0. The highest BCUT2D eigenvalue weighted by Crippen LogP contribution is 2.21. The van der Waals surface area contributed by atoms with E-state index in [1.165, 1.54) is 0 Å². The fraction of sp³-hybridized carbons (Fsp3) is 0.286. The first-order valence-electron chi connectivity index (χ1n) is 6.12. The first-order chi connectivity index (χ1) is 9.02. The van der Waals surface area contributed by atoms with Gasteiger partial charge in [-0.2, -0.15) is 5.10 Å². The summed E-state index contributed by atoms with van der Waals surface area (Å²) in [4.78, 5) is 12.2. The number of halogens is 1. The number of carbonyl (C=O) groups excluding carboxylic acids is 1. The maximum Gasteiger partial charge on any atom is 0.259 e. The molecule has 0 unspecified atom stereocenters. The highest BCUT2D eigenvalue weighted by atomic mass is 35.5. The molecule has 0 aliphatic heterocycles. The molecule has 1 amide bonds. The molecule has 100 valence electrons. The lowest BCUT2D eigenvalue weighted by Crippen LogP contribution is -2.14. The van der Waals surface area contributed by atoms with E-state index in [-0.39, 0.29) is 5.91 Å². The molecule has 0 radical (unpaired) electrons. The van der Waals surface area contributed by atoms with E-state index in [9.17, 15) is 4.79 Å². The van der Waals surface area contributed by atoms with Crippen molar-refractivity contribution in [2.45, 2.75) is 27.3 Å². The van der Waals surface area contributed by atoms with Gasteiger partial charge in [-0.15, -0.1) is 0 Å². The third kappa shape index (κ3) is 2.79. The molecule has 0 bridgehead atoms. The molecule has 1 N–H and O–H groups in total. The van der Waals surface area contributed by atoms with Gasteiger partial charge in [-0.25, -0.2) is 0 Å². The van der Waals surface area contributed by atoms with E-state index in [1.807, 2.05) is 26.8 Å². The van der Waals surface area contributed by atoms with Crippen LogP contribution in [0.2, 0.25) is 5.02 Å². The molecule has 0 aliphatic rings. The Morgan fingerprint density at radius 2 is 2.16 bits per heavy atom. The fourth-order valence-corrected chi connectivity index (χ4v) is 2.08. The van der Waals surface area contributed by atoms with Gasteiger partial charge >= 0.3 is 0 Å². The van der Waals surface area contributed by atoms with Crippen LogP contribution in [0.15, 0.2) is 24.4 Å². The molecular formula is C14H16ClN3O. The molecule has 4 nitrogen and oxygen atoms in total. The minimum absolute atomic E-state index is 0.164. The van der Waals surface area contributed by atoms with Crippen LogP contribution in [0.25, 0.3) is 0 Å². The third-order valence-electron chi connectivity index (χ3n) is 3.10. The van der Waals surface area contributed by atoms with Gasteiger partial charge in [0.1, 0.15) is 0 Å². The van der Waals surface area contributed by atoms with Gasteiger partial charge in [0.2, 0.25) is 0 Å². The minimum Gasteiger partial charge on any atom is -0.322 e. The molecule has 2 aromatic rings. The van der Waals surface area contributed by atoms with Crippen LogP contribution >= 0.6 is 11.6 Å². The minimum atomic E-state index is -0.164. The molecule has 1 aromatic carbocycles. The van der Waals surface area contributed by atoms with Crippen LogP contribution in [-0.2, 0) is 6.54 Å². The molecule has 1 aromatic heterocycles. The summed E-state index contributed by atoms with van der Waals surface area (Å²) in [5, 5.41) is 7.63. The van der Waals surface area contributed by atoms with Gasteiger partial charge in [-0.1, -0.05) is 17.7 Å². The molecule has 0 fully saturated rings. The Bertz CT molecular complexity index is 619. The Kier molecular flexibility index (Phi) is 3.90. The number of amides is 1. The van der Waals surface area contributed by atoms with Crippen molar-refractivity contribution in [1.82, 2.24) is 9.78 Å². The van der Waals surface area contributed by atoms with Gasteiger partial charge in [0.25, 0.3) is 5.91 Å². The Morgan fingerprint density at radius 3 is 2.79 bits per heavy atom. The lowest BCUT2D eigenvalue weighted by atomic mass is 10.2. The molecule has 0 saturated carbocycles. The number of hydrogen-bond donors (Lipinski definition) is 1. The van der Waals surface area contributed by atoms with Crippen LogP contribution in [0.3, 0.4) is 0 Å². The molecule has 2 rings (SSSR count). The van der Waals surface area contributed by atoms with Crippen molar-refractivity contribution in [1.29, 1.82) is 0 Å². The zero-order chi connectivity index (χ0) is 14.0. The van der Waals surface area contributed by atoms with Gasteiger partial charge in [-0.3, -0.25) is 9.48 Å². The Morgan fingerprint density at radius 1 is 1.42 bits per heavy atom. The van der Waals surface area contributed by atoms with Crippen LogP contribution in [0.5, 0.6) is 0 Å². The van der Waals surface area contributed by atoms with Gasteiger partial charge in [0.15, 0.2) is 0 Å². The molecule has 1 heterocycles. The summed E-state index contributed by atoms with van der Waals surface area (Å²) in [5.41, 5.74) is 3.14. The summed E-state index contributed by atoms with van der Waals surface area (Å²) in [6, 6.07) is 5.42. The van der Waals surface area contributed by atoms with E-state index >= 15 is 0 Å². The number of rotatable bonds is 3. The van der Waals surface area contributed by atoms with Crippen LogP contribution in [-0.4, -0.2) is 15.7 Å². The zero-order valence-corrected chi connectivity index (χ0v) is 12.0. The van der Waals surface area contributed by atoms with Crippen LogP contribution < -0.4 is 5.32 Å². The average Bonchev–Trinajstić information content (AvgIpc) is 2.75. The number of nitrogens with zero attached hydrogens (tertiary/aromatic N) is 2. The van der Waals surface area contributed by atoms with Crippen molar-refractivity contribution >= 4 is 23.2 Å². The quantitative estimate of drug-likeness (QED) is 0.934. The largest absolute Gasteiger partial charge is 0.322 e. The fourth-order valence-electron chi connectivity index (χ4n) is 1.91.